The molecule has 106 valence electrons. The summed E-state index contributed by atoms with van der Waals surface area (Å²) < 4.78 is 0. The van der Waals surface area contributed by atoms with E-state index in [1.807, 2.05) is 12.1 Å². The Hall–Kier alpha value is -1.02. The lowest BCUT2D eigenvalue weighted by molar-refractivity contribution is 0.167. The third-order valence-electron chi connectivity index (χ3n) is 3.97. The second-order valence-electron chi connectivity index (χ2n) is 7.21. The normalized spacial score (nSPS) is 24.4. The molecule has 0 saturated carbocycles. The lowest BCUT2D eigenvalue weighted by Crippen LogP contribution is -2.52. The van der Waals surface area contributed by atoms with Gasteiger partial charge in [-0.05, 0) is 49.3 Å². The highest BCUT2D eigenvalue weighted by atomic mass is 16.3. The summed E-state index contributed by atoms with van der Waals surface area (Å²) in [5.74, 6) is 0.433. The molecule has 1 atom stereocenters. The smallest absolute Gasteiger partial charge is 0.118 e. The van der Waals surface area contributed by atoms with Crippen LogP contribution in [0.2, 0.25) is 0 Å². The molecule has 0 amide bonds. The molecular weight excluding hydrogens is 234 g/mol. The summed E-state index contributed by atoms with van der Waals surface area (Å²) >= 11 is 0. The Morgan fingerprint density at radius 3 is 2.53 bits per heavy atom. The van der Waals surface area contributed by atoms with Gasteiger partial charge in [-0.15, -0.1) is 0 Å². The molecule has 1 fully saturated rings. The SMILES string of the molecule is CC(C)(C)CC1(Cc2ccccc2O)CCCCN1. The summed E-state index contributed by atoms with van der Waals surface area (Å²) in [6, 6.07) is 7.76. The summed E-state index contributed by atoms with van der Waals surface area (Å²) in [5.41, 5.74) is 1.52. The first-order valence-corrected chi connectivity index (χ1v) is 7.42. The van der Waals surface area contributed by atoms with Crippen LogP contribution in [0.25, 0.3) is 0 Å². The van der Waals surface area contributed by atoms with E-state index in [1.54, 1.807) is 6.07 Å². The number of benzene rings is 1. The van der Waals surface area contributed by atoms with Crippen LogP contribution >= 0.6 is 0 Å². The summed E-state index contributed by atoms with van der Waals surface area (Å²) in [5, 5.41) is 13.8. The van der Waals surface area contributed by atoms with Crippen molar-refractivity contribution < 1.29 is 5.11 Å². The van der Waals surface area contributed by atoms with Gasteiger partial charge in [0.2, 0.25) is 0 Å². The van der Waals surface area contributed by atoms with Crippen molar-refractivity contribution in [3.8, 4) is 5.75 Å². The number of phenols is 1. The summed E-state index contributed by atoms with van der Waals surface area (Å²) in [6.45, 7) is 8.01. The molecule has 2 nitrogen and oxygen atoms in total. The molecule has 0 spiro atoms. The first-order valence-electron chi connectivity index (χ1n) is 7.42. The average molecular weight is 261 g/mol. The van der Waals surface area contributed by atoms with Crippen LogP contribution in [0.3, 0.4) is 0 Å². The van der Waals surface area contributed by atoms with Crippen molar-refractivity contribution in [3.63, 3.8) is 0 Å². The molecule has 1 aliphatic rings. The third kappa shape index (κ3) is 3.97. The second kappa shape index (κ2) is 5.54. The highest BCUT2D eigenvalue weighted by Gasteiger charge is 2.36. The molecule has 2 heteroatoms. The van der Waals surface area contributed by atoms with Crippen molar-refractivity contribution in [2.75, 3.05) is 6.54 Å². The number of hydrogen-bond donors (Lipinski definition) is 2. The predicted molar refractivity (Wildman–Crippen MR) is 80.5 cm³/mol. The van der Waals surface area contributed by atoms with E-state index in [4.69, 9.17) is 0 Å². The minimum absolute atomic E-state index is 0.148. The van der Waals surface area contributed by atoms with Gasteiger partial charge in [-0.2, -0.15) is 0 Å². The lowest BCUT2D eigenvalue weighted by Gasteiger charge is -2.43. The maximum absolute atomic E-state index is 10.0. The largest absolute Gasteiger partial charge is 0.508 e. The number of phenolic OH excluding ortho intramolecular Hbond substituents is 1. The van der Waals surface area contributed by atoms with Crippen LogP contribution in [0.15, 0.2) is 24.3 Å². The van der Waals surface area contributed by atoms with Crippen molar-refractivity contribution in [1.29, 1.82) is 0 Å². The Morgan fingerprint density at radius 2 is 1.95 bits per heavy atom. The fraction of sp³-hybridized carbons (Fsp3) is 0.647. The van der Waals surface area contributed by atoms with Crippen molar-refractivity contribution in [1.82, 2.24) is 5.32 Å². The van der Waals surface area contributed by atoms with Gasteiger partial charge < -0.3 is 10.4 Å². The summed E-state index contributed by atoms with van der Waals surface area (Å²) in [6.07, 6.45) is 5.84. The van der Waals surface area contributed by atoms with Gasteiger partial charge in [-0.1, -0.05) is 45.4 Å². The van der Waals surface area contributed by atoms with Crippen LogP contribution in [0.5, 0.6) is 5.75 Å². The Kier molecular flexibility index (Phi) is 4.19. The zero-order chi connectivity index (χ0) is 13.9. The first kappa shape index (κ1) is 14.4. The molecule has 0 aromatic heterocycles. The van der Waals surface area contributed by atoms with Crippen LogP contribution in [-0.4, -0.2) is 17.2 Å². The van der Waals surface area contributed by atoms with E-state index in [1.165, 1.54) is 19.3 Å². The zero-order valence-corrected chi connectivity index (χ0v) is 12.5. The van der Waals surface area contributed by atoms with Gasteiger partial charge in [0.1, 0.15) is 5.75 Å². The van der Waals surface area contributed by atoms with Crippen LogP contribution in [-0.2, 0) is 6.42 Å². The predicted octanol–water partition coefficient (Wildman–Crippen LogP) is 3.88. The molecule has 1 aromatic carbocycles. The maximum Gasteiger partial charge on any atom is 0.118 e. The van der Waals surface area contributed by atoms with Gasteiger partial charge in [-0.25, -0.2) is 0 Å². The number of aromatic hydroxyl groups is 1. The number of hydrogen-bond acceptors (Lipinski definition) is 2. The molecule has 2 rings (SSSR count). The van der Waals surface area contributed by atoms with Gasteiger partial charge in [0, 0.05) is 5.54 Å². The molecule has 19 heavy (non-hydrogen) atoms. The number of nitrogens with one attached hydrogen (secondary N) is 1. The van der Waals surface area contributed by atoms with E-state index < -0.39 is 0 Å². The standard InChI is InChI=1S/C17H27NO/c1-16(2,3)13-17(10-6-7-11-18-17)12-14-8-4-5-9-15(14)19/h4-5,8-9,18-19H,6-7,10-13H2,1-3H3. The Bertz CT molecular complexity index is 414. The first-order chi connectivity index (χ1) is 8.90. The molecule has 1 heterocycles. The van der Waals surface area contributed by atoms with Gasteiger partial charge in [0.05, 0.1) is 0 Å². The fourth-order valence-corrected chi connectivity index (χ4v) is 3.43. The van der Waals surface area contributed by atoms with Crippen molar-refractivity contribution in [2.24, 2.45) is 5.41 Å². The fourth-order valence-electron chi connectivity index (χ4n) is 3.43. The molecule has 0 bridgehead atoms. The van der Waals surface area contributed by atoms with E-state index in [9.17, 15) is 5.11 Å². The highest BCUT2D eigenvalue weighted by Crippen LogP contribution is 2.36. The van der Waals surface area contributed by atoms with Gasteiger partial charge >= 0.3 is 0 Å². The van der Waals surface area contributed by atoms with E-state index in [-0.39, 0.29) is 5.54 Å². The number of para-hydroxylation sites is 1. The van der Waals surface area contributed by atoms with E-state index >= 15 is 0 Å². The van der Waals surface area contributed by atoms with Crippen LogP contribution < -0.4 is 5.32 Å². The van der Waals surface area contributed by atoms with Gasteiger partial charge in [0.25, 0.3) is 0 Å². The van der Waals surface area contributed by atoms with Crippen LogP contribution in [0.1, 0.15) is 52.0 Å². The molecule has 1 aliphatic heterocycles. The topological polar surface area (TPSA) is 32.3 Å². The van der Waals surface area contributed by atoms with Crippen LogP contribution in [0.4, 0.5) is 0 Å². The minimum Gasteiger partial charge on any atom is -0.508 e. The monoisotopic (exact) mass is 261 g/mol. The Labute approximate surface area is 117 Å². The minimum atomic E-state index is 0.148. The molecular formula is C17H27NO. The quantitative estimate of drug-likeness (QED) is 0.865. The molecule has 2 N–H and O–H groups in total. The molecule has 0 aliphatic carbocycles. The van der Waals surface area contributed by atoms with Gasteiger partial charge in [0.15, 0.2) is 0 Å². The summed E-state index contributed by atoms with van der Waals surface area (Å²) in [4.78, 5) is 0. The third-order valence-corrected chi connectivity index (χ3v) is 3.97. The Balaban J connectivity index is 2.21. The van der Waals surface area contributed by atoms with Crippen molar-refractivity contribution in [2.45, 2.75) is 58.4 Å². The second-order valence-corrected chi connectivity index (χ2v) is 7.21. The van der Waals surface area contributed by atoms with Gasteiger partial charge in [-0.3, -0.25) is 0 Å². The summed E-state index contributed by atoms with van der Waals surface area (Å²) in [7, 11) is 0. The molecule has 1 aromatic rings. The highest BCUT2D eigenvalue weighted by molar-refractivity contribution is 5.33. The van der Waals surface area contributed by atoms with Crippen molar-refractivity contribution in [3.05, 3.63) is 29.8 Å². The number of rotatable bonds is 3. The molecule has 1 unspecified atom stereocenters. The lowest BCUT2D eigenvalue weighted by atomic mass is 9.72. The molecule has 0 radical (unpaired) electrons. The van der Waals surface area contributed by atoms with E-state index in [0.717, 1.165) is 24.9 Å². The van der Waals surface area contributed by atoms with E-state index in [2.05, 4.69) is 32.2 Å². The molecule has 1 saturated heterocycles. The van der Waals surface area contributed by atoms with Crippen molar-refractivity contribution >= 4 is 0 Å². The Morgan fingerprint density at radius 1 is 1.21 bits per heavy atom. The maximum atomic E-state index is 10.0. The van der Waals surface area contributed by atoms with Crippen LogP contribution in [0, 0.1) is 5.41 Å². The number of piperidine rings is 1. The average Bonchev–Trinajstić information content (AvgIpc) is 2.31. The van der Waals surface area contributed by atoms with E-state index in [0.29, 0.717) is 11.2 Å². The zero-order valence-electron chi connectivity index (χ0n) is 12.5.